The minimum absolute atomic E-state index is 0.446. The molecule has 1 aromatic heterocycles. The number of aryl methyl sites for hydroxylation is 2. The Morgan fingerprint density at radius 3 is 2.67 bits per heavy atom. The van der Waals surface area contributed by atoms with Crippen LogP contribution in [0, 0.1) is 6.92 Å². The van der Waals surface area contributed by atoms with E-state index in [4.69, 9.17) is 14.6 Å². The zero-order chi connectivity index (χ0) is 23.6. The molecule has 1 heterocycles. The lowest BCUT2D eigenvalue weighted by Crippen LogP contribution is -2.34. The molecule has 0 aliphatic heterocycles. The smallest absolute Gasteiger partial charge is 0.222 e. The molecule has 176 valence electrons. The zero-order valence-corrected chi connectivity index (χ0v) is 19.9. The van der Waals surface area contributed by atoms with E-state index in [2.05, 4.69) is 23.6 Å². The molecule has 1 atom stereocenters. The standard InChI is InChI=1S/C27H35N3O3/c1-5-6-14-23(31)19-30(16-17-32-4)20-25-26(22-12-8-7-9-13-22)28-29(3)27(25)33-24-15-10-11-21(2)18-24/h5,7-13,15,18,23,31H,1,6,14,16-17,19-20H2,2-4H3/t23-/m1/s1. The van der Waals surface area contributed by atoms with E-state index in [9.17, 15) is 5.11 Å². The number of aliphatic hydroxyl groups excluding tert-OH is 1. The molecule has 0 spiro atoms. The highest BCUT2D eigenvalue weighted by molar-refractivity contribution is 5.65. The third-order valence-electron chi connectivity index (χ3n) is 5.51. The Kier molecular flexibility index (Phi) is 9.24. The van der Waals surface area contributed by atoms with Crippen molar-refractivity contribution in [2.45, 2.75) is 32.4 Å². The van der Waals surface area contributed by atoms with Crippen LogP contribution in [0.5, 0.6) is 11.6 Å². The van der Waals surface area contributed by atoms with Crippen molar-refractivity contribution in [1.29, 1.82) is 0 Å². The number of methoxy groups -OCH3 is 1. The molecule has 0 bridgehead atoms. The predicted molar refractivity (Wildman–Crippen MR) is 132 cm³/mol. The van der Waals surface area contributed by atoms with Crippen molar-refractivity contribution in [3.05, 3.63) is 78.4 Å². The third kappa shape index (κ3) is 7.02. The van der Waals surface area contributed by atoms with Crippen LogP contribution in [0.4, 0.5) is 0 Å². The summed E-state index contributed by atoms with van der Waals surface area (Å²) in [5.74, 6) is 1.47. The van der Waals surface area contributed by atoms with Crippen LogP contribution in [-0.2, 0) is 18.3 Å². The first-order valence-corrected chi connectivity index (χ1v) is 11.4. The second-order valence-corrected chi connectivity index (χ2v) is 8.29. The van der Waals surface area contributed by atoms with Gasteiger partial charge in [-0.05, 0) is 37.5 Å². The second kappa shape index (κ2) is 12.3. The van der Waals surface area contributed by atoms with Crippen LogP contribution >= 0.6 is 0 Å². The Balaban J connectivity index is 1.97. The highest BCUT2D eigenvalue weighted by atomic mass is 16.5. The number of benzene rings is 2. The molecule has 33 heavy (non-hydrogen) atoms. The highest BCUT2D eigenvalue weighted by Crippen LogP contribution is 2.34. The van der Waals surface area contributed by atoms with Gasteiger partial charge in [-0.2, -0.15) is 5.10 Å². The average Bonchev–Trinajstić information content (AvgIpc) is 3.11. The lowest BCUT2D eigenvalue weighted by Gasteiger charge is -2.25. The molecular weight excluding hydrogens is 414 g/mol. The summed E-state index contributed by atoms with van der Waals surface area (Å²) in [4.78, 5) is 2.20. The second-order valence-electron chi connectivity index (χ2n) is 8.29. The highest BCUT2D eigenvalue weighted by Gasteiger charge is 2.23. The number of hydrogen-bond donors (Lipinski definition) is 1. The molecule has 6 nitrogen and oxygen atoms in total. The number of aliphatic hydroxyl groups is 1. The Labute approximate surface area is 197 Å². The molecule has 0 unspecified atom stereocenters. The number of hydrogen-bond acceptors (Lipinski definition) is 5. The Bertz CT molecular complexity index is 1020. The Morgan fingerprint density at radius 2 is 1.97 bits per heavy atom. The minimum Gasteiger partial charge on any atom is -0.439 e. The van der Waals surface area contributed by atoms with E-state index in [1.54, 1.807) is 11.8 Å². The van der Waals surface area contributed by atoms with E-state index in [0.29, 0.717) is 38.5 Å². The molecule has 6 heteroatoms. The maximum absolute atomic E-state index is 10.6. The fraction of sp³-hybridized carbons (Fsp3) is 0.370. The van der Waals surface area contributed by atoms with Crippen molar-refractivity contribution in [3.63, 3.8) is 0 Å². The van der Waals surface area contributed by atoms with Crippen LogP contribution in [0.3, 0.4) is 0 Å². The van der Waals surface area contributed by atoms with Gasteiger partial charge >= 0.3 is 0 Å². The third-order valence-corrected chi connectivity index (χ3v) is 5.51. The summed E-state index contributed by atoms with van der Waals surface area (Å²) in [6.07, 6.45) is 2.85. The number of nitrogens with zero attached hydrogens (tertiary/aromatic N) is 3. The van der Waals surface area contributed by atoms with Gasteiger partial charge in [-0.15, -0.1) is 6.58 Å². The fourth-order valence-corrected chi connectivity index (χ4v) is 3.82. The average molecular weight is 450 g/mol. The number of allylic oxidation sites excluding steroid dienone is 1. The van der Waals surface area contributed by atoms with Crippen molar-refractivity contribution in [2.24, 2.45) is 7.05 Å². The number of aromatic nitrogens is 2. The largest absolute Gasteiger partial charge is 0.439 e. The van der Waals surface area contributed by atoms with Crippen molar-refractivity contribution in [3.8, 4) is 22.9 Å². The maximum atomic E-state index is 10.6. The molecule has 0 aliphatic rings. The van der Waals surface area contributed by atoms with Gasteiger partial charge in [0.2, 0.25) is 5.88 Å². The fourth-order valence-electron chi connectivity index (χ4n) is 3.82. The molecule has 1 N–H and O–H groups in total. The topological polar surface area (TPSA) is 59.8 Å². The molecule has 2 aromatic carbocycles. The molecule has 0 radical (unpaired) electrons. The van der Waals surface area contributed by atoms with Crippen LogP contribution in [0.2, 0.25) is 0 Å². The maximum Gasteiger partial charge on any atom is 0.222 e. The molecule has 3 aromatic rings. The molecule has 0 fully saturated rings. The van der Waals surface area contributed by atoms with Crippen molar-refractivity contribution in [1.82, 2.24) is 14.7 Å². The van der Waals surface area contributed by atoms with Crippen LogP contribution in [-0.4, -0.2) is 52.7 Å². The summed E-state index contributed by atoms with van der Waals surface area (Å²) in [6.45, 7) is 8.18. The van der Waals surface area contributed by atoms with E-state index in [-0.39, 0.29) is 0 Å². The van der Waals surface area contributed by atoms with Crippen LogP contribution in [0.15, 0.2) is 67.3 Å². The molecule has 3 rings (SSSR count). The summed E-state index contributed by atoms with van der Waals surface area (Å²) < 4.78 is 13.5. The van der Waals surface area contributed by atoms with E-state index in [1.165, 1.54) is 0 Å². The summed E-state index contributed by atoms with van der Waals surface area (Å²) in [5.41, 5.74) is 4.02. The zero-order valence-electron chi connectivity index (χ0n) is 19.9. The van der Waals surface area contributed by atoms with E-state index in [1.807, 2.05) is 62.5 Å². The van der Waals surface area contributed by atoms with Gasteiger partial charge in [-0.3, -0.25) is 4.90 Å². The van der Waals surface area contributed by atoms with Gasteiger partial charge in [0.05, 0.1) is 18.3 Å². The Morgan fingerprint density at radius 1 is 1.18 bits per heavy atom. The van der Waals surface area contributed by atoms with Crippen molar-refractivity contribution in [2.75, 3.05) is 26.8 Å². The number of rotatable bonds is 13. The van der Waals surface area contributed by atoms with E-state index in [0.717, 1.165) is 34.6 Å². The van der Waals surface area contributed by atoms with Gasteiger partial charge in [0, 0.05) is 39.4 Å². The van der Waals surface area contributed by atoms with Crippen LogP contribution in [0.25, 0.3) is 11.3 Å². The monoisotopic (exact) mass is 449 g/mol. The van der Waals surface area contributed by atoms with E-state index < -0.39 is 6.10 Å². The summed E-state index contributed by atoms with van der Waals surface area (Å²) in [6, 6.07) is 18.1. The first-order valence-electron chi connectivity index (χ1n) is 11.4. The van der Waals surface area contributed by atoms with Gasteiger partial charge in [-0.1, -0.05) is 48.5 Å². The van der Waals surface area contributed by atoms with Gasteiger partial charge in [0.1, 0.15) is 11.4 Å². The summed E-state index contributed by atoms with van der Waals surface area (Å²) in [5, 5.41) is 15.4. The quantitative estimate of drug-likeness (QED) is 0.374. The normalized spacial score (nSPS) is 12.2. The Hall–Kier alpha value is -2.93. The van der Waals surface area contributed by atoms with Gasteiger partial charge < -0.3 is 14.6 Å². The lowest BCUT2D eigenvalue weighted by molar-refractivity contribution is 0.0806. The summed E-state index contributed by atoms with van der Waals surface area (Å²) in [7, 11) is 3.59. The molecule has 0 saturated heterocycles. The molecule has 0 saturated carbocycles. The molecule has 0 amide bonds. The van der Waals surface area contributed by atoms with Gasteiger partial charge in [0.25, 0.3) is 0 Å². The minimum atomic E-state index is -0.446. The number of ether oxygens (including phenoxy) is 2. The summed E-state index contributed by atoms with van der Waals surface area (Å²) >= 11 is 0. The van der Waals surface area contributed by atoms with Crippen LogP contribution < -0.4 is 4.74 Å². The van der Waals surface area contributed by atoms with Gasteiger partial charge in [0.15, 0.2) is 0 Å². The first-order chi connectivity index (χ1) is 16.0. The molecular formula is C27H35N3O3. The lowest BCUT2D eigenvalue weighted by atomic mass is 10.1. The van der Waals surface area contributed by atoms with E-state index >= 15 is 0 Å². The SMILES string of the molecule is C=CCC[C@@H](O)CN(CCOC)Cc1c(-c2ccccc2)nn(C)c1Oc1cccc(C)c1. The molecule has 0 aliphatic carbocycles. The predicted octanol–water partition coefficient (Wildman–Crippen LogP) is 4.96. The van der Waals surface area contributed by atoms with Crippen molar-refractivity contribution >= 4 is 0 Å². The van der Waals surface area contributed by atoms with Crippen LogP contribution in [0.1, 0.15) is 24.0 Å². The first kappa shape index (κ1) is 24.7. The van der Waals surface area contributed by atoms with Gasteiger partial charge in [-0.25, -0.2) is 4.68 Å². The van der Waals surface area contributed by atoms with Crippen molar-refractivity contribution < 1.29 is 14.6 Å².